The van der Waals surface area contributed by atoms with Crippen LogP contribution in [-0.2, 0) is 0 Å². The van der Waals surface area contributed by atoms with Crippen LogP contribution in [0.15, 0.2) is 36.4 Å². The van der Waals surface area contributed by atoms with Gasteiger partial charge in [-0.1, -0.05) is 17.7 Å². The Bertz CT molecular complexity index is 1090. The molecular weight excluding hydrogens is 430 g/mol. The smallest absolute Gasteiger partial charge is 0.253 e. The minimum Gasteiger partial charge on any atom is -0.493 e. The van der Waals surface area contributed by atoms with Crippen LogP contribution in [0, 0.1) is 6.92 Å². The van der Waals surface area contributed by atoms with Crippen molar-refractivity contribution in [1.82, 2.24) is 14.9 Å². The highest BCUT2D eigenvalue weighted by atomic mass is 35.5. The molecule has 2 N–H and O–H groups in total. The molecule has 32 heavy (non-hydrogen) atoms. The fourth-order valence-corrected chi connectivity index (χ4v) is 3.38. The number of fused-ring (bicyclic) bond motifs is 1. The molecule has 0 aliphatic heterocycles. The lowest BCUT2D eigenvalue weighted by atomic mass is 10.1. The molecule has 9 heteroatoms. The fourth-order valence-electron chi connectivity index (χ4n) is 3.38. The van der Waals surface area contributed by atoms with Gasteiger partial charge in [-0.2, -0.15) is 4.98 Å². The summed E-state index contributed by atoms with van der Waals surface area (Å²) in [5, 5.41) is 0.707. The maximum atomic E-state index is 12.6. The van der Waals surface area contributed by atoms with E-state index in [0.29, 0.717) is 52.8 Å². The molecule has 0 saturated heterocycles. The minimum atomic E-state index is 0. The Balaban J connectivity index is 0.00000363. The molecule has 0 fully saturated rings. The number of nitrogen functional groups attached to an aromatic ring is 1. The Kier molecular flexibility index (Phi) is 8.48. The summed E-state index contributed by atoms with van der Waals surface area (Å²) in [4.78, 5) is 25.3. The predicted octanol–water partition coefficient (Wildman–Crippen LogP) is 3.56. The number of carbonyl (C=O) groups is 1. The predicted molar refractivity (Wildman–Crippen MR) is 130 cm³/mol. The van der Waals surface area contributed by atoms with Crippen LogP contribution in [-0.4, -0.2) is 62.2 Å². The van der Waals surface area contributed by atoms with Gasteiger partial charge in [-0.05, 0) is 31.5 Å². The lowest BCUT2D eigenvalue weighted by molar-refractivity contribution is 0.0794. The number of hydrogen-bond donors (Lipinski definition) is 1. The minimum absolute atomic E-state index is 0. The van der Waals surface area contributed by atoms with Crippen molar-refractivity contribution in [2.45, 2.75) is 13.3 Å². The number of halogens is 1. The summed E-state index contributed by atoms with van der Waals surface area (Å²) >= 11 is 0. The maximum Gasteiger partial charge on any atom is 0.253 e. The molecule has 0 bridgehead atoms. The van der Waals surface area contributed by atoms with Crippen LogP contribution < -0.4 is 20.1 Å². The van der Waals surface area contributed by atoms with Gasteiger partial charge >= 0.3 is 0 Å². The molecule has 1 heterocycles. The summed E-state index contributed by atoms with van der Waals surface area (Å²) in [6.45, 7) is 3.27. The first-order chi connectivity index (χ1) is 14.8. The summed E-state index contributed by atoms with van der Waals surface area (Å²) in [5.74, 6) is 2.06. The van der Waals surface area contributed by atoms with E-state index >= 15 is 0 Å². The van der Waals surface area contributed by atoms with Gasteiger partial charge in [0.15, 0.2) is 11.5 Å². The lowest BCUT2D eigenvalue weighted by Crippen LogP contribution is -2.31. The molecule has 0 saturated carbocycles. The summed E-state index contributed by atoms with van der Waals surface area (Å²) in [6.07, 6.45) is 0.762. The van der Waals surface area contributed by atoms with Gasteiger partial charge in [0.1, 0.15) is 5.82 Å². The van der Waals surface area contributed by atoms with Crippen molar-refractivity contribution in [3.8, 4) is 11.5 Å². The van der Waals surface area contributed by atoms with Crippen LogP contribution in [0.25, 0.3) is 10.9 Å². The number of ether oxygens (including phenoxy) is 2. The van der Waals surface area contributed by atoms with Crippen molar-refractivity contribution in [2.75, 3.05) is 52.0 Å². The van der Waals surface area contributed by atoms with Gasteiger partial charge in [0, 0.05) is 44.2 Å². The van der Waals surface area contributed by atoms with Crippen molar-refractivity contribution >= 4 is 41.0 Å². The second kappa shape index (κ2) is 10.9. The summed E-state index contributed by atoms with van der Waals surface area (Å²) in [6, 6.07) is 11.2. The van der Waals surface area contributed by atoms with Crippen LogP contribution >= 0.6 is 12.4 Å². The fraction of sp³-hybridized carbons (Fsp3) is 0.348. The zero-order valence-electron chi connectivity index (χ0n) is 19.1. The number of nitrogens with two attached hydrogens (primary N) is 1. The van der Waals surface area contributed by atoms with Crippen LogP contribution in [0.2, 0.25) is 0 Å². The first-order valence-electron chi connectivity index (χ1n) is 10.1. The third-order valence-corrected chi connectivity index (χ3v) is 5.16. The number of anilines is 2. The van der Waals surface area contributed by atoms with E-state index in [9.17, 15) is 4.79 Å². The molecular formula is C23H30ClN5O3. The number of benzene rings is 2. The molecule has 0 aliphatic carbocycles. The largest absolute Gasteiger partial charge is 0.493 e. The molecule has 172 valence electrons. The topological polar surface area (TPSA) is 93.8 Å². The van der Waals surface area contributed by atoms with Crippen LogP contribution in [0.3, 0.4) is 0 Å². The lowest BCUT2D eigenvalue weighted by Gasteiger charge is -2.21. The molecule has 1 aromatic heterocycles. The van der Waals surface area contributed by atoms with Crippen molar-refractivity contribution in [3.63, 3.8) is 0 Å². The number of amides is 1. The average Bonchev–Trinajstić information content (AvgIpc) is 2.77. The average molecular weight is 460 g/mol. The molecule has 0 unspecified atom stereocenters. The number of aryl methyl sites for hydroxylation is 1. The van der Waals surface area contributed by atoms with Crippen molar-refractivity contribution in [3.05, 3.63) is 47.5 Å². The number of methoxy groups -OCH3 is 2. The Morgan fingerprint density at radius 1 is 1.03 bits per heavy atom. The Morgan fingerprint density at radius 3 is 2.38 bits per heavy atom. The standard InChI is InChI=1S/C23H29N5O3.ClH/c1-15-8-6-9-16(12-15)22(29)27(2)10-7-11-28(3)23-25-18-14-20(31-5)19(30-4)13-17(18)21(24)26-23;/h6,8-9,12-14H,7,10-11H2,1-5H3,(H2,24,25,26);1H. The molecule has 8 nitrogen and oxygen atoms in total. The first kappa shape index (κ1) is 25.0. The molecule has 0 atom stereocenters. The van der Waals surface area contributed by atoms with Gasteiger partial charge in [0.05, 0.1) is 19.7 Å². The molecule has 3 aromatic rings. The highest BCUT2D eigenvalue weighted by molar-refractivity contribution is 5.94. The second-order valence-electron chi connectivity index (χ2n) is 7.50. The van der Waals surface area contributed by atoms with E-state index in [1.165, 1.54) is 0 Å². The third kappa shape index (κ3) is 5.50. The van der Waals surface area contributed by atoms with E-state index in [2.05, 4.69) is 9.97 Å². The molecule has 0 radical (unpaired) electrons. The van der Waals surface area contributed by atoms with Gasteiger partial charge in [-0.25, -0.2) is 4.98 Å². The molecule has 0 spiro atoms. The maximum absolute atomic E-state index is 12.6. The Labute approximate surface area is 194 Å². The number of rotatable bonds is 8. The van der Waals surface area contributed by atoms with Crippen LogP contribution in [0.1, 0.15) is 22.3 Å². The van der Waals surface area contributed by atoms with E-state index in [1.807, 2.05) is 50.2 Å². The number of aromatic nitrogens is 2. The molecule has 3 rings (SSSR count). The van der Waals surface area contributed by atoms with Crippen molar-refractivity contribution in [1.29, 1.82) is 0 Å². The highest BCUT2D eigenvalue weighted by Crippen LogP contribution is 2.33. The van der Waals surface area contributed by atoms with E-state index in [4.69, 9.17) is 15.2 Å². The second-order valence-corrected chi connectivity index (χ2v) is 7.50. The van der Waals surface area contributed by atoms with E-state index in [0.717, 1.165) is 12.0 Å². The number of carbonyl (C=O) groups excluding carboxylic acids is 1. The van der Waals surface area contributed by atoms with Crippen LogP contribution in [0.4, 0.5) is 11.8 Å². The summed E-state index contributed by atoms with van der Waals surface area (Å²) in [5.41, 5.74) is 8.62. The van der Waals surface area contributed by atoms with Gasteiger partial charge < -0.3 is 25.0 Å². The molecule has 0 aliphatic rings. The van der Waals surface area contributed by atoms with Gasteiger partial charge in [0.2, 0.25) is 5.95 Å². The molecule has 2 aromatic carbocycles. The zero-order valence-corrected chi connectivity index (χ0v) is 19.9. The monoisotopic (exact) mass is 459 g/mol. The Hall–Kier alpha value is -3.26. The summed E-state index contributed by atoms with van der Waals surface area (Å²) < 4.78 is 10.7. The molecule has 1 amide bonds. The van der Waals surface area contributed by atoms with Gasteiger partial charge in [-0.3, -0.25) is 4.79 Å². The quantitative estimate of drug-likeness (QED) is 0.550. The first-order valence-corrected chi connectivity index (χ1v) is 10.1. The van der Waals surface area contributed by atoms with Crippen molar-refractivity contribution in [2.24, 2.45) is 0 Å². The van der Waals surface area contributed by atoms with Gasteiger partial charge in [0.25, 0.3) is 5.91 Å². The van der Waals surface area contributed by atoms with Crippen molar-refractivity contribution < 1.29 is 14.3 Å². The number of hydrogen-bond acceptors (Lipinski definition) is 7. The third-order valence-electron chi connectivity index (χ3n) is 5.16. The van der Waals surface area contributed by atoms with E-state index in [1.54, 1.807) is 31.3 Å². The highest BCUT2D eigenvalue weighted by Gasteiger charge is 2.15. The SMILES string of the molecule is COc1cc2nc(N(C)CCCN(C)C(=O)c3cccc(C)c3)nc(N)c2cc1OC.Cl. The van der Waals surface area contributed by atoms with Gasteiger partial charge in [-0.15, -0.1) is 12.4 Å². The normalized spacial score (nSPS) is 10.4. The Morgan fingerprint density at radius 2 is 1.72 bits per heavy atom. The van der Waals surface area contributed by atoms with Crippen LogP contribution in [0.5, 0.6) is 11.5 Å². The zero-order chi connectivity index (χ0) is 22.5. The summed E-state index contributed by atoms with van der Waals surface area (Å²) in [7, 11) is 6.87. The van der Waals surface area contributed by atoms with E-state index < -0.39 is 0 Å². The number of nitrogens with zero attached hydrogens (tertiary/aromatic N) is 4. The van der Waals surface area contributed by atoms with E-state index in [-0.39, 0.29) is 18.3 Å².